The van der Waals surface area contributed by atoms with Crippen molar-refractivity contribution in [3.05, 3.63) is 46.8 Å². The maximum absolute atomic E-state index is 14.7. The number of anilines is 2. The molecule has 1 aliphatic rings. The lowest BCUT2D eigenvalue weighted by Gasteiger charge is -2.33. The van der Waals surface area contributed by atoms with Crippen molar-refractivity contribution < 1.29 is 26.5 Å². The SMILES string of the molecule is COc1cc([S@](C)(=N)=O)ccc1NCC#Cc1sc2c(N[C@H]3CCN(C)C[C@H]3F)cccc2c1CC(F)(F)F. The molecule has 0 unspecified atom stereocenters. The number of rotatable bonds is 7. The van der Waals surface area contributed by atoms with E-state index in [1.54, 1.807) is 30.3 Å². The number of piperidine rings is 1. The minimum Gasteiger partial charge on any atom is -0.495 e. The van der Waals surface area contributed by atoms with Gasteiger partial charge in [-0.15, -0.1) is 11.3 Å². The van der Waals surface area contributed by atoms with Gasteiger partial charge in [-0.3, -0.25) is 0 Å². The third-order valence-electron chi connectivity index (χ3n) is 6.47. The predicted octanol–water partition coefficient (Wildman–Crippen LogP) is 5.97. The molecule has 2 heterocycles. The zero-order chi connectivity index (χ0) is 28.4. The average molecular weight is 583 g/mol. The molecular formula is C27H30F4N4O2S2. The van der Waals surface area contributed by atoms with Crippen molar-refractivity contribution in [2.24, 2.45) is 0 Å². The molecule has 0 spiro atoms. The molecule has 3 N–H and O–H groups in total. The van der Waals surface area contributed by atoms with E-state index in [0.717, 1.165) is 6.54 Å². The molecule has 0 amide bonds. The average Bonchev–Trinajstić information content (AvgIpc) is 3.19. The zero-order valence-corrected chi connectivity index (χ0v) is 23.4. The number of nitrogens with zero attached hydrogens (tertiary/aromatic N) is 1. The van der Waals surface area contributed by atoms with Gasteiger partial charge in [-0.1, -0.05) is 24.0 Å². The Kier molecular flexibility index (Phi) is 8.63. The van der Waals surface area contributed by atoms with E-state index < -0.39 is 34.5 Å². The van der Waals surface area contributed by atoms with Crippen LogP contribution in [0.3, 0.4) is 0 Å². The van der Waals surface area contributed by atoms with Crippen LogP contribution in [0.1, 0.15) is 16.9 Å². The standard InChI is InChI=1S/C27H30F4N4O2S2/c1-35-13-11-21(20(28)16-35)34-23-7-4-6-18-19(15-27(29,30)31)25(38-26(18)23)8-5-12-33-22-10-9-17(39(3,32)36)14-24(22)37-2/h4,6-7,9-10,14,20-21,32-34H,11-13,15-16H2,1-3H3/t20-,21+,39-/m1/s1. The van der Waals surface area contributed by atoms with Gasteiger partial charge in [0, 0.05) is 19.3 Å². The molecule has 1 fully saturated rings. The summed E-state index contributed by atoms with van der Waals surface area (Å²) < 4.78 is 80.9. The Morgan fingerprint density at radius 3 is 2.69 bits per heavy atom. The minimum atomic E-state index is -4.42. The lowest BCUT2D eigenvalue weighted by molar-refractivity contribution is -0.126. The molecule has 3 aromatic rings. The molecule has 1 aliphatic heterocycles. The Labute approximate surface area is 229 Å². The zero-order valence-electron chi connectivity index (χ0n) is 21.7. The van der Waals surface area contributed by atoms with Crippen molar-refractivity contribution in [2.75, 3.05) is 50.7 Å². The van der Waals surface area contributed by atoms with Crippen LogP contribution in [-0.2, 0) is 16.1 Å². The molecule has 1 aromatic heterocycles. The van der Waals surface area contributed by atoms with Gasteiger partial charge in [-0.05, 0) is 48.7 Å². The van der Waals surface area contributed by atoms with Gasteiger partial charge in [0.15, 0.2) is 0 Å². The molecule has 12 heteroatoms. The second-order valence-electron chi connectivity index (χ2n) is 9.56. The highest BCUT2D eigenvalue weighted by Gasteiger charge is 2.32. The van der Waals surface area contributed by atoms with Crippen molar-refractivity contribution in [1.29, 1.82) is 4.78 Å². The number of methoxy groups -OCH3 is 1. The van der Waals surface area contributed by atoms with Gasteiger partial charge in [0.2, 0.25) is 0 Å². The quantitative estimate of drug-likeness (QED) is 0.237. The molecule has 0 saturated carbocycles. The Morgan fingerprint density at radius 2 is 2.03 bits per heavy atom. The molecule has 0 aliphatic carbocycles. The van der Waals surface area contributed by atoms with Crippen molar-refractivity contribution in [1.82, 2.24) is 4.90 Å². The maximum atomic E-state index is 14.7. The van der Waals surface area contributed by atoms with Crippen LogP contribution in [0.4, 0.5) is 28.9 Å². The fourth-order valence-corrected chi connectivity index (χ4v) is 6.33. The van der Waals surface area contributed by atoms with Crippen LogP contribution < -0.4 is 15.4 Å². The summed E-state index contributed by atoms with van der Waals surface area (Å²) in [7, 11) is 0.385. The number of fused-ring (bicyclic) bond motifs is 1. The number of thiophene rings is 1. The number of hydrogen-bond acceptors (Lipinski definition) is 7. The van der Waals surface area contributed by atoms with Crippen molar-refractivity contribution in [2.45, 2.75) is 36.1 Å². The second-order valence-corrected chi connectivity index (χ2v) is 12.7. The third kappa shape index (κ3) is 7.15. The van der Waals surface area contributed by atoms with E-state index in [1.807, 2.05) is 11.9 Å². The number of nitrogens with one attached hydrogen (secondary N) is 3. The van der Waals surface area contributed by atoms with Crippen LogP contribution >= 0.6 is 11.3 Å². The van der Waals surface area contributed by atoms with Gasteiger partial charge in [-0.2, -0.15) is 13.2 Å². The monoisotopic (exact) mass is 582 g/mol. The van der Waals surface area contributed by atoms with E-state index in [2.05, 4.69) is 22.5 Å². The molecule has 0 radical (unpaired) electrons. The van der Waals surface area contributed by atoms with E-state index in [1.165, 1.54) is 30.8 Å². The van der Waals surface area contributed by atoms with Crippen LogP contribution in [0.2, 0.25) is 0 Å². The van der Waals surface area contributed by atoms with Gasteiger partial charge < -0.3 is 20.3 Å². The normalized spacial score (nSPS) is 19.7. The fraction of sp³-hybridized carbons (Fsp3) is 0.407. The maximum Gasteiger partial charge on any atom is 0.393 e. The first-order valence-corrected chi connectivity index (χ1v) is 15.0. The second kappa shape index (κ2) is 11.6. The van der Waals surface area contributed by atoms with E-state index in [-0.39, 0.29) is 12.1 Å². The smallest absolute Gasteiger partial charge is 0.393 e. The molecule has 6 nitrogen and oxygen atoms in total. The lowest BCUT2D eigenvalue weighted by Crippen LogP contribution is -2.46. The highest BCUT2D eigenvalue weighted by molar-refractivity contribution is 7.91. The summed E-state index contributed by atoms with van der Waals surface area (Å²) in [5.41, 5.74) is 1.27. The number of likely N-dealkylation sites (tertiary alicyclic amines) is 1. The molecule has 1 saturated heterocycles. The van der Waals surface area contributed by atoms with Crippen LogP contribution in [-0.4, -0.2) is 67.5 Å². The van der Waals surface area contributed by atoms with E-state index in [0.29, 0.717) is 49.9 Å². The molecule has 3 atom stereocenters. The predicted molar refractivity (Wildman–Crippen MR) is 149 cm³/mol. The Bertz CT molecular complexity index is 1510. The van der Waals surface area contributed by atoms with Crippen LogP contribution in [0.15, 0.2) is 41.3 Å². The first-order chi connectivity index (χ1) is 18.4. The van der Waals surface area contributed by atoms with Gasteiger partial charge in [0.1, 0.15) is 11.9 Å². The molecule has 210 valence electrons. The van der Waals surface area contributed by atoms with E-state index in [4.69, 9.17) is 9.52 Å². The number of ether oxygens (including phenoxy) is 1. The van der Waals surface area contributed by atoms with Crippen LogP contribution in [0, 0.1) is 16.6 Å². The molecule has 39 heavy (non-hydrogen) atoms. The van der Waals surface area contributed by atoms with Crippen molar-refractivity contribution in [3.8, 4) is 17.6 Å². The summed E-state index contributed by atoms with van der Waals surface area (Å²) in [4.78, 5) is 2.54. The van der Waals surface area contributed by atoms with Gasteiger partial charge in [-0.25, -0.2) is 13.4 Å². The van der Waals surface area contributed by atoms with Crippen molar-refractivity contribution >= 4 is 42.5 Å². The van der Waals surface area contributed by atoms with Crippen molar-refractivity contribution in [3.63, 3.8) is 0 Å². The summed E-state index contributed by atoms with van der Waals surface area (Å²) in [5, 5.41) is 6.75. The largest absolute Gasteiger partial charge is 0.495 e. The molecule has 0 bridgehead atoms. The Balaban J connectivity index is 1.61. The summed E-state index contributed by atoms with van der Waals surface area (Å²) in [6.45, 7) is 1.15. The van der Waals surface area contributed by atoms with Crippen LogP contribution in [0.25, 0.3) is 10.1 Å². The van der Waals surface area contributed by atoms with Gasteiger partial charge in [0.25, 0.3) is 0 Å². The first-order valence-electron chi connectivity index (χ1n) is 12.2. The molecular weight excluding hydrogens is 552 g/mol. The minimum absolute atomic E-state index is 0.105. The number of benzene rings is 2. The topological polar surface area (TPSA) is 77.4 Å². The Morgan fingerprint density at radius 1 is 1.26 bits per heavy atom. The van der Waals surface area contributed by atoms with E-state index in [9.17, 15) is 21.8 Å². The molecule has 4 rings (SSSR count). The number of alkyl halides is 4. The highest BCUT2D eigenvalue weighted by atomic mass is 32.2. The van der Waals surface area contributed by atoms with Crippen LogP contribution in [0.5, 0.6) is 5.75 Å². The summed E-state index contributed by atoms with van der Waals surface area (Å²) in [5.74, 6) is 6.17. The Hall–Kier alpha value is -3.01. The first kappa shape index (κ1) is 29.0. The summed E-state index contributed by atoms with van der Waals surface area (Å²) >= 11 is 1.17. The third-order valence-corrected chi connectivity index (χ3v) is 8.82. The summed E-state index contributed by atoms with van der Waals surface area (Å²) in [6, 6.07) is 9.37. The van der Waals surface area contributed by atoms with E-state index >= 15 is 0 Å². The van der Waals surface area contributed by atoms with Gasteiger partial charge in [0.05, 0.1) is 61.7 Å². The lowest BCUT2D eigenvalue weighted by atomic mass is 10.0. The molecule has 2 aromatic carbocycles. The number of halogens is 4. The highest BCUT2D eigenvalue weighted by Crippen LogP contribution is 2.39. The summed E-state index contributed by atoms with van der Waals surface area (Å²) in [6.07, 6.45) is -4.72. The van der Waals surface area contributed by atoms with Gasteiger partial charge >= 0.3 is 6.18 Å². The number of hydrogen-bond donors (Lipinski definition) is 3. The fourth-order valence-electron chi connectivity index (χ4n) is 4.50.